The van der Waals surface area contributed by atoms with Crippen LogP contribution in [0, 0.1) is 0 Å². The summed E-state index contributed by atoms with van der Waals surface area (Å²) in [5, 5.41) is 0. The number of ether oxygens (including phenoxy) is 1. The number of hydrogen-bond donors (Lipinski definition) is 0. The Kier molecular flexibility index (Phi) is 5.42. The van der Waals surface area contributed by atoms with Gasteiger partial charge in [-0.05, 0) is 60.2 Å². The van der Waals surface area contributed by atoms with Crippen LogP contribution in [0.15, 0.2) is 97.1 Å². The number of benzene rings is 4. The lowest BCUT2D eigenvalue weighted by molar-refractivity contribution is 0.0656. The van der Waals surface area contributed by atoms with Crippen LogP contribution in [0.5, 0.6) is 5.75 Å². The highest BCUT2D eigenvalue weighted by molar-refractivity contribution is 6.21. The zero-order valence-electron chi connectivity index (χ0n) is 19.3. The van der Waals surface area contributed by atoms with Gasteiger partial charge >= 0.3 is 0 Å². The summed E-state index contributed by atoms with van der Waals surface area (Å²) in [5.41, 5.74) is 7.11. The third kappa shape index (κ3) is 3.91. The zero-order valence-corrected chi connectivity index (χ0v) is 19.3. The van der Waals surface area contributed by atoms with E-state index in [1.165, 1.54) is 27.2 Å². The predicted octanol–water partition coefficient (Wildman–Crippen LogP) is 5.79. The number of carbonyl (C=O) groups is 2. The van der Waals surface area contributed by atoms with Crippen molar-refractivity contribution in [2.24, 2.45) is 0 Å². The molecule has 35 heavy (non-hydrogen) atoms. The average Bonchev–Trinajstić information content (AvgIpc) is 3.05. The summed E-state index contributed by atoms with van der Waals surface area (Å²) in [6, 6.07) is 32.1. The normalized spacial score (nSPS) is 14.8. The SMILES string of the molecule is O=C1c2ccccc2C(=O)N1CCc1ccc(OC2c3ccccc3CCc3ccccc32)cc1. The van der Waals surface area contributed by atoms with Gasteiger partial charge in [0.05, 0.1) is 11.1 Å². The van der Waals surface area contributed by atoms with Crippen molar-refractivity contribution in [3.05, 3.63) is 136 Å². The van der Waals surface area contributed by atoms with E-state index >= 15 is 0 Å². The lowest BCUT2D eigenvalue weighted by atomic mass is 9.97. The molecule has 0 radical (unpaired) electrons. The van der Waals surface area contributed by atoms with E-state index in [0.29, 0.717) is 24.1 Å². The van der Waals surface area contributed by atoms with Gasteiger partial charge in [0.25, 0.3) is 11.8 Å². The predicted molar refractivity (Wildman–Crippen MR) is 135 cm³/mol. The second-order valence-corrected chi connectivity index (χ2v) is 9.10. The Morgan fingerprint density at radius 1 is 0.657 bits per heavy atom. The van der Waals surface area contributed by atoms with Gasteiger partial charge in [-0.15, -0.1) is 0 Å². The van der Waals surface area contributed by atoms with Gasteiger partial charge in [-0.3, -0.25) is 14.5 Å². The van der Waals surface area contributed by atoms with E-state index in [1.807, 2.05) is 24.3 Å². The fraction of sp³-hybridized carbons (Fsp3) is 0.161. The standard InChI is InChI=1S/C31H25NO3/c33-30-27-11-5-6-12-28(27)31(34)32(30)20-19-21-13-17-24(18-14-21)35-29-25-9-3-1-7-22(25)15-16-23-8-2-4-10-26(23)29/h1-14,17-18,29H,15-16,19-20H2. The quantitative estimate of drug-likeness (QED) is 0.355. The number of hydrogen-bond acceptors (Lipinski definition) is 3. The molecule has 0 saturated heterocycles. The molecule has 0 saturated carbocycles. The van der Waals surface area contributed by atoms with Crippen LogP contribution >= 0.6 is 0 Å². The first-order chi connectivity index (χ1) is 17.2. The second kappa shape index (κ2) is 8.88. The summed E-state index contributed by atoms with van der Waals surface area (Å²) >= 11 is 0. The number of amides is 2. The maximum absolute atomic E-state index is 12.6. The number of rotatable bonds is 5. The Hall–Kier alpha value is -4.18. The number of fused-ring (bicyclic) bond motifs is 3. The third-order valence-corrected chi connectivity index (χ3v) is 7.02. The number of aryl methyl sites for hydroxylation is 2. The number of nitrogens with zero attached hydrogens (tertiary/aromatic N) is 1. The summed E-state index contributed by atoms with van der Waals surface area (Å²) in [5.74, 6) is 0.374. The maximum Gasteiger partial charge on any atom is 0.261 e. The van der Waals surface area contributed by atoms with E-state index in [0.717, 1.165) is 24.2 Å². The van der Waals surface area contributed by atoms with Crippen molar-refractivity contribution in [3.63, 3.8) is 0 Å². The first-order valence-corrected chi connectivity index (χ1v) is 12.1. The molecule has 0 N–H and O–H groups in total. The molecule has 0 bridgehead atoms. The fourth-order valence-electron chi connectivity index (χ4n) is 5.15. The molecule has 4 aromatic carbocycles. The molecule has 1 aliphatic carbocycles. The van der Waals surface area contributed by atoms with Gasteiger partial charge in [0, 0.05) is 17.7 Å². The molecular weight excluding hydrogens is 434 g/mol. The van der Waals surface area contributed by atoms with E-state index in [9.17, 15) is 9.59 Å². The van der Waals surface area contributed by atoms with Gasteiger partial charge in [0.15, 0.2) is 0 Å². The summed E-state index contributed by atoms with van der Waals surface area (Å²) < 4.78 is 6.58. The highest BCUT2D eigenvalue weighted by Crippen LogP contribution is 2.36. The molecule has 0 spiro atoms. The first-order valence-electron chi connectivity index (χ1n) is 12.1. The largest absolute Gasteiger partial charge is 0.481 e. The summed E-state index contributed by atoms with van der Waals surface area (Å²) in [6.07, 6.45) is 2.45. The molecule has 0 atom stereocenters. The third-order valence-electron chi connectivity index (χ3n) is 7.02. The highest BCUT2D eigenvalue weighted by atomic mass is 16.5. The van der Waals surface area contributed by atoms with Crippen LogP contribution in [-0.2, 0) is 19.3 Å². The maximum atomic E-state index is 12.6. The van der Waals surface area contributed by atoms with E-state index < -0.39 is 0 Å². The molecule has 0 unspecified atom stereocenters. The summed E-state index contributed by atoms with van der Waals surface area (Å²) in [7, 11) is 0. The average molecular weight is 460 g/mol. The minimum atomic E-state index is -0.212. The Labute approximate surface area is 204 Å². The minimum Gasteiger partial charge on any atom is -0.481 e. The lowest BCUT2D eigenvalue weighted by Gasteiger charge is -2.22. The molecule has 4 heteroatoms. The van der Waals surface area contributed by atoms with E-state index in [2.05, 4.69) is 48.5 Å². The first kappa shape index (κ1) is 21.4. The Balaban J connectivity index is 1.19. The topological polar surface area (TPSA) is 46.6 Å². The van der Waals surface area contributed by atoms with Crippen LogP contribution in [0.1, 0.15) is 54.6 Å². The van der Waals surface area contributed by atoms with Gasteiger partial charge in [0.2, 0.25) is 0 Å². The monoisotopic (exact) mass is 459 g/mol. The second-order valence-electron chi connectivity index (χ2n) is 9.10. The van der Waals surface area contributed by atoms with Gasteiger partial charge < -0.3 is 4.74 Å². The zero-order chi connectivity index (χ0) is 23.8. The fourth-order valence-corrected chi connectivity index (χ4v) is 5.15. The van der Waals surface area contributed by atoms with Crippen molar-refractivity contribution in [1.29, 1.82) is 0 Å². The molecule has 2 aliphatic rings. The molecule has 1 aliphatic heterocycles. The van der Waals surface area contributed by atoms with Crippen LogP contribution < -0.4 is 4.74 Å². The molecule has 0 fully saturated rings. The van der Waals surface area contributed by atoms with Gasteiger partial charge in [-0.2, -0.15) is 0 Å². The molecule has 172 valence electrons. The molecule has 6 rings (SSSR count). The van der Waals surface area contributed by atoms with E-state index in [-0.39, 0.29) is 17.9 Å². The van der Waals surface area contributed by atoms with Gasteiger partial charge in [-0.25, -0.2) is 0 Å². The van der Waals surface area contributed by atoms with Crippen molar-refractivity contribution in [2.75, 3.05) is 6.54 Å². The highest BCUT2D eigenvalue weighted by Gasteiger charge is 2.34. The van der Waals surface area contributed by atoms with Gasteiger partial charge in [0.1, 0.15) is 11.9 Å². The van der Waals surface area contributed by atoms with Crippen LogP contribution in [-0.4, -0.2) is 23.3 Å². The van der Waals surface area contributed by atoms with Gasteiger partial charge in [-0.1, -0.05) is 72.8 Å². The summed E-state index contributed by atoms with van der Waals surface area (Å²) in [6.45, 7) is 0.357. The number of carbonyl (C=O) groups excluding carboxylic acids is 2. The van der Waals surface area contributed by atoms with Crippen LogP contribution in [0.3, 0.4) is 0 Å². The van der Waals surface area contributed by atoms with Crippen molar-refractivity contribution in [3.8, 4) is 5.75 Å². The van der Waals surface area contributed by atoms with Crippen molar-refractivity contribution in [2.45, 2.75) is 25.4 Å². The van der Waals surface area contributed by atoms with Crippen molar-refractivity contribution >= 4 is 11.8 Å². The van der Waals surface area contributed by atoms with Crippen LogP contribution in [0.25, 0.3) is 0 Å². The molecule has 2 amide bonds. The van der Waals surface area contributed by atoms with E-state index in [1.54, 1.807) is 24.3 Å². The Morgan fingerprint density at radius 2 is 1.17 bits per heavy atom. The molecular formula is C31H25NO3. The Morgan fingerprint density at radius 3 is 1.74 bits per heavy atom. The smallest absolute Gasteiger partial charge is 0.261 e. The lowest BCUT2D eigenvalue weighted by Crippen LogP contribution is -2.31. The molecule has 0 aromatic heterocycles. The number of imide groups is 1. The molecule has 4 aromatic rings. The van der Waals surface area contributed by atoms with Crippen LogP contribution in [0.2, 0.25) is 0 Å². The minimum absolute atomic E-state index is 0.158. The molecule has 1 heterocycles. The Bertz CT molecular complexity index is 1340. The summed E-state index contributed by atoms with van der Waals surface area (Å²) in [4.78, 5) is 26.6. The van der Waals surface area contributed by atoms with Crippen molar-refractivity contribution in [1.82, 2.24) is 4.90 Å². The molecule has 4 nitrogen and oxygen atoms in total. The van der Waals surface area contributed by atoms with E-state index in [4.69, 9.17) is 4.74 Å². The van der Waals surface area contributed by atoms with Crippen molar-refractivity contribution < 1.29 is 14.3 Å². The van der Waals surface area contributed by atoms with Crippen LogP contribution in [0.4, 0.5) is 0 Å².